The Morgan fingerprint density at radius 2 is 2.15 bits per heavy atom. The Bertz CT molecular complexity index is 634. The first-order valence-electron chi connectivity index (χ1n) is 6.41. The number of aliphatic carboxylic acids is 1. The number of rotatable bonds is 4. The second-order valence-electron chi connectivity index (χ2n) is 5.01. The number of thiophene rings is 1. The fraction of sp³-hybridized carbons (Fsp3) is 0.267. The zero-order chi connectivity index (χ0) is 14.1. The Labute approximate surface area is 120 Å². The third-order valence-corrected chi connectivity index (χ3v) is 4.58. The number of nitrogens with zero attached hydrogens (tertiary/aromatic N) is 1. The van der Waals surface area contributed by atoms with Crippen LogP contribution in [0.2, 0.25) is 0 Å². The molecule has 1 aromatic heterocycles. The predicted molar refractivity (Wildman–Crippen MR) is 76.1 cm³/mol. The molecule has 1 aliphatic rings. The van der Waals surface area contributed by atoms with Gasteiger partial charge in [0.15, 0.2) is 0 Å². The molecular weight excluding hydrogens is 277 g/mol. The van der Waals surface area contributed by atoms with E-state index in [-0.39, 0.29) is 11.7 Å². The maximum absolute atomic E-state index is 13.2. The second-order valence-corrected chi connectivity index (χ2v) is 6.17. The van der Waals surface area contributed by atoms with Crippen molar-refractivity contribution in [3.05, 3.63) is 47.1 Å². The van der Waals surface area contributed by atoms with Crippen molar-refractivity contribution in [3.63, 3.8) is 0 Å². The molecule has 104 valence electrons. The van der Waals surface area contributed by atoms with E-state index in [0.29, 0.717) is 13.1 Å². The van der Waals surface area contributed by atoms with Crippen molar-refractivity contribution < 1.29 is 14.3 Å². The molecule has 2 heterocycles. The Balaban J connectivity index is 1.65. The van der Waals surface area contributed by atoms with Gasteiger partial charge >= 0.3 is 5.97 Å². The van der Waals surface area contributed by atoms with Crippen LogP contribution in [-0.4, -0.2) is 29.1 Å². The van der Waals surface area contributed by atoms with E-state index < -0.39 is 5.97 Å². The van der Waals surface area contributed by atoms with Crippen molar-refractivity contribution in [1.82, 2.24) is 4.90 Å². The van der Waals surface area contributed by atoms with Crippen molar-refractivity contribution in [2.24, 2.45) is 5.92 Å². The molecule has 0 aliphatic carbocycles. The fourth-order valence-electron chi connectivity index (χ4n) is 2.34. The number of halogens is 1. The highest BCUT2D eigenvalue weighted by Gasteiger charge is 2.32. The normalized spacial score (nSPS) is 16.1. The molecule has 5 heteroatoms. The van der Waals surface area contributed by atoms with Crippen LogP contribution in [-0.2, 0) is 11.3 Å². The molecule has 1 N–H and O–H groups in total. The highest BCUT2D eigenvalue weighted by Crippen LogP contribution is 2.30. The molecule has 0 unspecified atom stereocenters. The molecule has 0 amide bonds. The summed E-state index contributed by atoms with van der Waals surface area (Å²) >= 11 is 1.63. The molecule has 3 rings (SSSR count). The first kappa shape index (κ1) is 13.3. The van der Waals surface area contributed by atoms with Crippen molar-refractivity contribution in [3.8, 4) is 10.4 Å². The lowest BCUT2D eigenvalue weighted by Gasteiger charge is -2.36. The van der Waals surface area contributed by atoms with Gasteiger partial charge in [-0.15, -0.1) is 11.3 Å². The van der Waals surface area contributed by atoms with E-state index in [1.165, 1.54) is 17.0 Å². The Morgan fingerprint density at radius 3 is 2.85 bits per heavy atom. The zero-order valence-corrected chi connectivity index (χ0v) is 11.6. The minimum Gasteiger partial charge on any atom is -0.481 e. The molecule has 3 nitrogen and oxygen atoms in total. The number of hydrogen-bond donors (Lipinski definition) is 1. The maximum Gasteiger partial charge on any atom is 0.309 e. The van der Waals surface area contributed by atoms with E-state index in [2.05, 4.69) is 4.90 Å². The van der Waals surface area contributed by atoms with Gasteiger partial charge < -0.3 is 5.11 Å². The number of benzene rings is 1. The van der Waals surface area contributed by atoms with Gasteiger partial charge in [-0.1, -0.05) is 12.1 Å². The number of carboxylic acid groups (broad SMARTS) is 1. The molecule has 1 fully saturated rings. The average molecular weight is 291 g/mol. The molecule has 0 radical (unpaired) electrons. The predicted octanol–water partition coefficient (Wildman–Crippen LogP) is 3.07. The monoisotopic (exact) mass is 291 g/mol. The van der Waals surface area contributed by atoms with Crippen LogP contribution in [0.25, 0.3) is 10.4 Å². The van der Waals surface area contributed by atoms with Crippen LogP contribution in [0.3, 0.4) is 0 Å². The minimum absolute atomic E-state index is 0.224. The summed E-state index contributed by atoms with van der Waals surface area (Å²) in [4.78, 5) is 15.1. The standard InChI is InChI=1S/C15H14FNO2S/c16-12-3-1-2-10(6-12)14-5-4-13(20-14)9-17-7-11(8-17)15(18)19/h1-6,11H,7-9H2,(H,18,19). The summed E-state index contributed by atoms with van der Waals surface area (Å²) in [7, 11) is 0. The second kappa shape index (κ2) is 5.34. The van der Waals surface area contributed by atoms with E-state index in [4.69, 9.17) is 5.11 Å². The summed E-state index contributed by atoms with van der Waals surface area (Å²) in [6, 6.07) is 10.6. The number of carboxylic acids is 1. The quantitative estimate of drug-likeness (QED) is 0.941. The van der Waals surface area contributed by atoms with Crippen LogP contribution >= 0.6 is 11.3 Å². The highest BCUT2D eigenvalue weighted by atomic mass is 32.1. The summed E-state index contributed by atoms with van der Waals surface area (Å²) in [5.41, 5.74) is 0.883. The molecule has 0 bridgehead atoms. The van der Waals surface area contributed by atoms with E-state index in [0.717, 1.165) is 17.0 Å². The molecule has 1 aliphatic heterocycles. The first-order valence-corrected chi connectivity index (χ1v) is 7.23. The SMILES string of the molecule is O=C(O)C1CN(Cc2ccc(-c3cccc(F)c3)s2)C1. The van der Waals surface area contributed by atoms with Gasteiger partial charge in [-0.3, -0.25) is 9.69 Å². The highest BCUT2D eigenvalue weighted by molar-refractivity contribution is 7.15. The van der Waals surface area contributed by atoms with Crippen molar-refractivity contribution in [2.75, 3.05) is 13.1 Å². The molecule has 0 atom stereocenters. The summed E-state index contributed by atoms with van der Waals surface area (Å²) in [6.45, 7) is 1.99. The van der Waals surface area contributed by atoms with Crippen LogP contribution in [0.5, 0.6) is 0 Å². The van der Waals surface area contributed by atoms with Gasteiger partial charge in [0.25, 0.3) is 0 Å². The van der Waals surface area contributed by atoms with E-state index in [1.54, 1.807) is 17.4 Å². The largest absolute Gasteiger partial charge is 0.481 e. The Kier molecular flexibility index (Phi) is 3.54. The van der Waals surface area contributed by atoms with Crippen LogP contribution < -0.4 is 0 Å². The van der Waals surface area contributed by atoms with Crippen LogP contribution in [0.15, 0.2) is 36.4 Å². The molecule has 1 aromatic carbocycles. The Hall–Kier alpha value is -1.72. The van der Waals surface area contributed by atoms with Crippen molar-refractivity contribution in [1.29, 1.82) is 0 Å². The zero-order valence-electron chi connectivity index (χ0n) is 10.8. The number of likely N-dealkylation sites (tertiary alicyclic amines) is 1. The van der Waals surface area contributed by atoms with Gasteiger partial charge in [-0.25, -0.2) is 4.39 Å². The lowest BCUT2D eigenvalue weighted by atomic mass is 10.0. The molecular formula is C15H14FNO2S. The minimum atomic E-state index is -0.715. The average Bonchev–Trinajstić information content (AvgIpc) is 2.81. The fourth-order valence-corrected chi connectivity index (χ4v) is 3.38. The van der Waals surface area contributed by atoms with Crippen LogP contribution in [0.1, 0.15) is 4.88 Å². The third kappa shape index (κ3) is 2.73. The maximum atomic E-state index is 13.2. The lowest BCUT2D eigenvalue weighted by Crippen LogP contribution is -2.49. The Morgan fingerprint density at radius 1 is 1.35 bits per heavy atom. The molecule has 0 spiro atoms. The van der Waals surface area contributed by atoms with E-state index >= 15 is 0 Å². The van der Waals surface area contributed by atoms with Crippen LogP contribution in [0, 0.1) is 11.7 Å². The van der Waals surface area contributed by atoms with Crippen molar-refractivity contribution >= 4 is 17.3 Å². The summed E-state index contributed by atoms with van der Waals surface area (Å²) in [5, 5.41) is 8.84. The summed E-state index contributed by atoms with van der Waals surface area (Å²) in [6.07, 6.45) is 0. The molecule has 2 aromatic rings. The molecule has 1 saturated heterocycles. The molecule has 0 saturated carbocycles. The van der Waals surface area contributed by atoms with Gasteiger partial charge in [0.1, 0.15) is 5.82 Å². The van der Waals surface area contributed by atoms with Gasteiger partial charge in [0.05, 0.1) is 5.92 Å². The smallest absolute Gasteiger partial charge is 0.309 e. The topological polar surface area (TPSA) is 40.5 Å². The third-order valence-electron chi connectivity index (χ3n) is 3.46. The van der Waals surface area contributed by atoms with Gasteiger partial charge in [0, 0.05) is 29.4 Å². The number of hydrogen-bond acceptors (Lipinski definition) is 3. The summed E-state index contributed by atoms with van der Waals surface area (Å²) < 4.78 is 13.2. The summed E-state index contributed by atoms with van der Waals surface area (Å²) in [5.74, 6) is -1.17. The van der Waals surface area contributed by atoms with E-state index in [1.807, 2.05) is 18.2 Å². The number of carbonyl (C=O) groups is 1. The van der Waals surface area contributed by atoms with Crippen LogP contribution in [0.4, 0.5) is 4.39 Å². The lowest BCUT2D eigenvalue weighted by molar-refractivity contribution is -0.147. The van der Waals surface area contributed by atoms with Crippen molar-refractivity contribution in [2.45, 2.75) is 6.54 Å². The van der Waals surface area contributed by atoms with Gasteiger partial charge in [-0.2, -0.15) is 0 Å². The molecule has 20 heavy (non-hydrogen) atoms. The van der Waals surface area contributed by atoms with Gasteiger partial charge in [-0.05, 0) is 29.8 Å². The van der Waals surface area contributed by atoms with Gasteiger partial charge in [0.2, 0.25) is 0 Å². The first-order chi connectivity index (χ1) is 9.61. The van der Waals surface area contributed by atoms with E-state index in [9.17, 15) is 9.18 Å².